The normalized spacial score (nSPS) is 14.4. The summed E-state index contributed by atoms with van der Waals surface area (Å²) in [6.07, 6.45) is -0.816. The maximum absolute atomic E-state index is 12.7. The molecular formula is C30H23BrClN3O4. The third kappa shape index (κ3) is 6.30. The van der Waals surface area contributed by atoms with E-state index in [0.717, 1.165) is 10.0 Å². The van der Waals surface area contributed by atoms with Crippen LogP contribution in [0.15, 0.2) is 107 Å². The number of anilines is 1. The maximum Gasteiger partial charge on any atom is 0.255 e. The molecule has 1 aliphatic rings. The van der Waals surface area contributed by atoms with Crippen molar-refractivity contribution in [2.45, 2.75) is 19.8 Å². The first-order valence-electron chi connectivity index (χ1n) is 12.1. The standard InChI is InChI=1S/C30H23BrClN3O4/c1-19(36)35-30(26-10-2-3-11-27(26)38-18-20-12-14-23(31)15-13-20)39-29(34-35)22-7-5-9-25(17-22)33-28(37)21-6-4-8-24(32)16-21/h2-17,30H,18H2,1H3,(H,33,37). The minimum Gasteiger partial charge on any atom is -0.488 e. The minimum absolute atomic E-state index is 0.247. The number of amides is 2. The van der Waals surface area contributed by atoms with Crippen LogP contribution in [0.5, 0.6) is 5.75 Å². The fourth-order valence-electron chi connectivity index (χ4n) is 4.01. The lowest BCUT2D eigenvalue weighted by molar-refractivity contribution is -0.135. The number of ether oxygens (including phenoxy) is 2. The molecule has 2 amide bonds. The lowest BCUT2D eigenvalue weighted by Gasteiger charge is -2.22. The van der Waals surface area contributed by atoms with Crippen LogP contribution in [0.3, 0.4) is 0 Å². The zero-order valence-corrected chi connectivity index (χ0v) is 23.1. The van der Waals surface area contributed by atoms with Crippen LogP contribution in [0, 0.1) is 0 Å². The molecule has 4 aromatic carbocycles. The van der Waals surface area contributed by atoms with Crippen LogP contribution in [0.1, 0.15) is 40.2 Å². The predicted molar refractivity (Wildman–Crippen MR) is 154 cm³/mol. The highest BCUT2D eigenvalue weighted by molar-refractivity contribution is 9.10. The van der Waals surface area contributed by atoms with Gasteiger partial charge in [-0.2, -0.15) is 5.01 Å². The van der Waals surface area contributed by atoms with E-state index in [2.05, 4.69) is 26.3 Å². The van der Waals surface area contributed by atoms with Gasteiger partial charge >= 0.3 is 0 Å². The lowest BCUT2D eigenvalue weighted by atomic mass is 10.1. The molecule has 1 N–H and O–H groups in total. The topological polar surface area (TPSA) is 80.2 Å². The van der Waals surface area contributed by atoms with Gasteiger partial charge in [0.1, 0.15) is 12.4 Å². The zero-order valence-electron chi connectivity index (χ0n) is 20.8. The summed E-state index contributed by atoms with van der Waals surface area (Å²) in [5.74, 6) is 0.236. The Balaban J connectivity index is 1.36. The van der Waals surface area contributed by atoms with E-state index in [1.54, 1.807) is 48.5 Å². The monoisotopic (exact) mass is 603 g/mol. The highest BCUT2D eigenvalue weighted by Gasteiger charge is 2.35. The number of para-hydroxylation sites is 1. The second kappa shape index (κ2) is 11.7. The van der Waals surface area contributed by atoms with E-state index < -0.39 is 6.23 Å². The van der Waals surface area contributed by atoms with E-state index in [4.69, 9.17) is 21.1 Å². The summed E-state index contributed by atoms with van der Waals surface area (Å²) in [6, 6.07) is 29.0. The van der Waals surface area contributed by atoms with Gasteiger partial charge in [-0.3, -0.25) is 9.59 Å². The van der Waals surface area contributed by atoms with Gasteiger partial charge < -0.3 is 14.8 Å². The first-order chi connectivity index (χ1) is 18.9. The van der Waals surface area contributed by atoms with E-state index in [0.29, 0.717) is 39.8 Å². The second-order valence-corrected chi connectivity index (χ2v) is 10.1. The maximum atomic E-state index is 12.7. The molecule has 9 heteroatoms. The number of hydrogen-bond acceptors (Lipinski definition) is 5. The average molecular weight is 605 g/mol. The third-order valence-electron chi connectivity index (χ3n) is 5.91. The molecule has 0 bridgehead atoms. The number of carbonyl (C=O) groups is 2. The quantitative estimate of drug-likeness (QED) is 0.243. The van der Waals surface area contributed by atoms with Crippen molar-refractivity contribution in [3.63, 3.8) is 0 Å². The SMILES string of the molecule is CC(=O)N1N=C(c2cccc(NC(=O)c3cccc(Cl)c3)c2)OC1c1ccccc1OCc1ccc(Br)cc1. The van der Waals surface area contributed by atoms with Crippen LogP contribution in [0.4, 0.5) is 5.69 Å². The van der Waals surface area contributed by atoms with Gasteiger partial charge in [-0.25, -0.2) is 0 Å². The molecule has 0 aromatic heterocycles. The highest BCUT2D eigenvalue weighted by Crippen LogP contribution is 2.36. The zero-order chi connectivity index (χ0) is 27.4. The first kappa shape index (κ1) is 26.5. The fraction of sp³-hybridized carbons (Fsp3) is 0.100. The molecule has 7 nitrogen and oxygen atoms in total. The van der Waals surface area contributed by atoms with Crippen molar-refractivity contribution in [2.75, 3.05) is 5.32 Å². The van der Waals surface area contributed by atoms with Crippen molar-refractivity contribution in [2.24, 2.45) is 5.10 Å². The summed E-state index contributed by atoms with van der Waals surface area (Å²) in [7, 11) is 0. The Kier molecular flexibility index (Phi) is 7.95. The molecular weight excluding hydrogens is 582 g/mol. The lowest BCUT2D eigenvalue weighted by Crippen LogP contribution is -2.25. The molecule has 196 valence electrons. The summed E-state index contributed by atoms with van der Waals surface area (Å²) in [6.45, 7) is 1.77. The van der Waals surface area contributed by atoms with Crippen LogP contribution < -0.4 is 10.1 Å². The predicted octanol–water partition coefficient (Wildman–Crippen LogP) is 7.17. The molecule has 0 saturated heterocycles. The van der Waals surface area contributed by atoms with Crippen LogP contribution in [-0.2, 0) is 16.1 Å². The molecule has 0 saturated carbocycles. The Bertz CT molecular complexity index is 1560. The fourth-order valence-corrected chi connectivity index (χ4v) is 4.46. The molecule has 0 fully saturated rings. The number of halogens is 2. The Morgan fingerprint density at radius 3 is 2.54 bits per heavy atom. The molecule has 1 unspecified atom stereocenters. The van der Waals surface area contributed by atoms with Crippen LogP contribution in [0.2, 0.25) is 5.02 Å². The molecule has 1 atom stereocenters. The van der Waals surface area contributed by atoms with Gasteiger partial charge in [0, 0.05) is 33.2 Å². The summed E-state index contributed by atoms with van der Waals surface area (Å²) in [4.78, 5) is 25.2. The third-order valence-corrected chi connectivity index (χ3v) is 6.68. The van der Waals surface area contributed by atoms with E-state index in [9.17, 15) is 9.59 Å². The summed E-state index contributed by atoms with van der Waals surface area (Å²) in [5.41, 5.74) is 3.23. The summed E-state index contributed by atoms with van der Waals surface area (Å²) >= 11 is 9.46. The summed E-state index contributed by atoms with van der Waals surface area (Å²) < 4.78 is 13.3. The molecule has 1 aliphatic heterocycles. The van der Waals surface area contributed by atoms with E-state index in [-0.39, 0.29) is 17.7 Å². The molecule has 0 aliphatic carbocycles. The van der Waals surface area contributed by atoms with Crippen molar-refractivity contribution < 1.29 is 19.1 Å². The first-order valence-corrected chi connectivity index (χ1v) is 13.2. The number of benzene rings is 4. The Morgan fingerprint density at radius 2 is 1.77 bits per heavy atom. The Hall–Kier alpha value is -4.14. The van der Waals surface area contributed by atoms with Gasteiger partial charge in [0.15, 0.2) is 0 Å². The Labute approximate surface area is 239 Å². The smallest absolute Gasteiger partial charge is 0.255 e. The Morgan fingerprint density at radius 1 is 1.00 bits per heavy atom. The molecule has 39 heavy (non-hydrogen) atoms. The number of nitrogens with zero attached hydrogens (tertiary/aromatic N) is 2. The molecule has 0 spiro atoms. The van der Waals surface area contributed by atoms with Crippen molar-refractivity contribution in [1.82, 2.24) is 5.01 Å². The number of carbonyl (C=O) groups excluding carboxylic acids is 2. The summed E-state index contributed by atoms with van der Waals surface area (Å²) in [5, 5.41) is 9.08. The molecule has 1 heterocycles. The van der Waals surface area contributed by atoms with Gasteiger partial charge in [0.25, 0.3) is 5.91 Å². The number of hydrazone groups is 1. The molecule has 0 radical (unpaired) electrons. The van der Waals surface area contributed by atoms with Gasteiger partial charge in [-0.05, 0) is 66.2 Å². The number of rotatable bonds is 7. The number of hydrogen-bond donors (Lipinski definition) is 1. The van der Waals surface area contributed by atoms with Crippen molar-refractivity contribution in [3.05, 3.63) is 129 Å². The van der Waals surface area contributed by atoms with Crippen molar-refractivity contribution >= 4 is 50.9 Å². The van der Waals surface area contributed by atoms with Crippen LogP contribution >= 0.6 is 27.5 Å². The minimum atomic E-state index is -0.816. The van der Waals surface area contributed by atoms with E-state index >= 15 is 0 Å². The van der Waals surface area contributed by atoms with Crippen molar-refractivity contribution in [1.29, 1.82) is 0 Å². The van der Waals surface area contributed by atoms with Gasteiger partial charge in [0.05, 0.1) is 5.56 Å². The highest BCUT2D eigenvalue weighted by atomic mass is 79.9. The van der Waals surface area contributed by atoms with Gasteiger partial charge in [0.2, 0.25) is 18.0 Å². The number of nitrogens with one attached hydrogen (secondary N) is 1. The van der Waals surface area contributed by atoms with E-state index in [1.165, 1.54) is 11.9 Å². The largest absolute Gasteiger partial charge is 0.488 e. The average Bonchev–Trinajstić information content (AvgIpc) is 3.39. The molecule has 4 aromatic rings. The van der Waals surface area contributed by atoms with Crippen LogP contribution in [-0.4, -0.2) is 22.7 Å². The molecule has 5 rings (SSSR count). The van der Waals surface area contributed by atoms with Crippen molar-refractivity contribution in [3.8, 4) is 5.75 Å². The van der Waals surface area contributed by atoms with Gasteiger partial charge in [-0.1, -0.05) is 63.9 Å². The van der Waals surface area contributed by atoms with E-state index in [1.807, 2.05) is 48.5 Å². The van der Waals surface area contributed by atoms with Gasteiger partial charge in [-0.15, -0.1) is 5.10 Å². The van der Waals surface area contributed by atoms with Crippen LogP contribution in [0.25, 0.3) is 0 Å². The second-order valence-electron chi connectivity index (χ2n) is 8.74.